The minimum Gasteiger partial charge on any atom is -0.493 e. The first-order valence-electron chi connectivity index (χ1n) is 5.84. The molecule has 4 heteroatoms. The predicted octanol–water partition coefficient (Wildman–Crippen LogP) is 2.18. The zero-order chi connectivity index (χ0) is 12.8. The van der Waals surface area contributed by atoms with Crippen molar-refractivity contribution in [1.82, 2.24) is 4.90 Å². The molecule has 2 N–H and O–H groups in total. The molecule has 1 atom stereocenters. The van der Waals surface area contributed by atoms with Crippen molar-refractivity contribution >= 4 is 0 Å². The maximum Gasteiger partial charge on any atom is 0.131 e. The van der Waals surface area contributed by atoms with Crippen LogP contribution < -0.4 is 10.5 Å². The summed E-state index contributed by atoms with van der Waals surface area (Å²) in [5.74, 6) is 0.254. The Morgan fingerprint density at radius 1 is 1.41 bits per heavy atom. The monoisotopic (exact) mass is 240 g/mol. The summed E-state index contributed by atoms with van der Waals surface area (Å²) in [6.07, 6.45) is 0.905. The standard InChI is InChI=1S/C13H21FN2O/c1-10(15)13-11(14)6-4-7-12(13)17-9-5-8-16(2)3/h4,6-7,10H,5,8-9,15H2,1-3H3/t10-/m0/s1. The first-order chi connectivity index (χ1) is 8.02. The van der Waals surface area contributed by atoms with Crippen LogP contribution in [0.1, 0.15) is 24.9 Å². The molecule has 0 radical (unpaired) electrons. The Balaban J connectivity index is 2.61. The van der Waals surface area contributed by atoms with Crippen LogP contribution in [0.3, 0.4) is 0 Å². The third-order valence-electron chi connectivity index (χ3n) is 2.48. The number of benzene rings is 1. The van der Waals surface area contributed by atoms with Crippen LogP contribution in [0.25, 0.3) is 0 Å². The van der Waals surface area contributed by atoms with Gasteiger partial charge in [-0.1, -0.05) is 6.07 Å². The molecule has 0 unspecified atom stereocenters. The van der Waals surface area contributed by atoms with Gasteiger partial charge in [-0.3, -0.25) is 0 Å². The zero-order valence-corrected chi connectivity index (χ0v) is 10.7. The highest BCUT2D eigenvalue weighted by Crippen LogP contribution is 2.26. The molecule has 3 nitrogen and oxygen atoms in total. The van der Waals surface area contributed by atoms with Gasteiger partial charge in [0.2, 0.25) is 0 Å². The Morgan fingerprint density at radius 2 is 2.12 bits per heavy atom. The van der Waals surface area contributed by atoms with E-state index in [2.05, 4.69) is 4.90 Å². The quantitative estimate of drug-likeness (QED) is 0.774. The molecule has 0 heterocycles. The second-order valence-corrected chi connectivity index (χ2v) is 4.45. The van der Waals surface area contributed by atoms with Gasteiger partial charge in [-0.05, 0) is 39.6 Å². The largest absolute Gasteiger partial charge is 0.493 e. The van der Waals surface area contributed by atoms with Crippen LogP contribution in [0.4, 0.5) is 4.39 Å². The Labute approximate surface area is 102 Å². The molecule has 1 aromatic rings. The highest BCUT2D eigenvalue weighted by molar-refractivity contribution is 5.36. The minimum absolute atomic E-state index is 0.301. The highest BCUT2D eigenvalue weighted by atomic mass is 19.1. The van der Waals surface area contributed by atoms with Crippen molar-refractivity contribution in [3.8, 4) is 5.75 Å². The van der Waals surface area contributed by atoms with Gasteiger partial charge in [-0.2, -0.15) is 0 Å². The van der Waals surface area contributed by atoms with E-state index < -0.39 is 0 Å². The van der Waals surface area contributed by atoms with Crippen LogP contribution in [0.5, 0.6) is 5.75 Å². The van der Waals surface area contributed by atoms with Crippen LogP contribution in [-0.2, 0) is 0 Å². The SMILES string of the molecule is C[C@H](N)c1c(F)cccc1OCCCN(C)C. The van der Waals surface area contributed by atoms with E-state index in [1.165, 1.54) is 6.07 Å². The Kier molecular flexibility index (Phi) is 5.38. The first-order valence-corrected chi connectivity index (χ1v) is 5.84. The lowest BCUT2D eigenvalue weighted by molar-refractivity contribution is 0.277. The minimum atomic E-state index is -0.361. The van der Waals surface area contributed by atoms with E-state index in [1.54, 1.807) is 19.1 Å². The van der Waals surface area contributed by atoms with E-state index in [9.17, 15) is 4.39 Å². The topological polar surface area (TPSA) is 38.5 Å². The van der Waals surface area contributed by atoms with Gasteiger partial charge < -0.3 is 15.4 Å². The Bertz CT molecular complexity index is 353. The molecule has 0 bridgehead atoms. The Hall–Kier alpha value is -1.13. The van der Waals surface area contributed by atoms with Crippen LogP contribution in [0.15, 0.2) is 18.2 Å². The molecule has 1 rings (SSSR count). The lowest BCUT2D eigenvalue weighted by Gasteiger charge is -2.15. The van der Waals surface area contributed by atoms with Gasteiger partial charge in [0, 0.05) is 18.2 Å². The van der Waals surface area contributed by atoms with E-state index in [0.717, 1.165) is 13.0 Å². The molecule has 0 aliphatic heterocycles. The normalized spacial score (nSPS) is 12.8. The smallest absolute Gasteiger partial charge is 0.131 e. The lowest BCUT2D eigenvalue weighted by atomic mass is 10.1. The molecular formula is C13H21FN2O. The second-order valence-electron chi connectivity index (χ2n) is 4.45. The van der Waals surface area contributed by atoms with Gasteiger partial charge in [-0.25, -0.2) is 4.39 Å². The molecule has 0 aliphatic rings. The fourth-order valence-corrected chi connectivity index (χ4v) is 1.65. The summed E-state index contributed by atoms with van der Waals surface area (Å²) < 4.78 is 19.2. The molecule has 17 heavy (non-hydrogen) atoms. The highest BCUT2D eigenvalue weighted by Gasteiger charge is 2.13. The van der Waals surface area contributed by atoms with Crippen LogP contribution in [-0.4, -0.2) is 32.1 Å². The van der Waals surface area contributed by atoms with Crippen molar-refractivity contribution in [2.45, 2.75) is 19.4 Å². The van der Waals surface area contributed by atoms with Gasteiger partial charge in [0.15, 0.2) is 0 Å². The zero-order valence-electron chi connectivity index (χ0n) is 10.7. The number of hydrogen-bond acceptors (Lipinski definition) is 3. The van der Waals surface area contributed by atoms with Gasteiger partial charge in [-0.15, -0.1) is 0 Å². The van der Waals surface area contributed by atoms with Crippen molar-refractivity contribution in [2.75, 3.05) is 27.2 Å². The molecule has 0 aromatic heterocycles. The second kappa shape index (κ2) is 6.57. The first kappa shape index (κ1) is 13.9. The van der Waals surface area contributed by atoms with Crippen molar-refractivity contribution in [3.05, 3.63) is 29.6 Å². The summed E-state index contributed by atoms with van der Waals surface area (Å²) in [6, 6.07) is 4.45. The fraction of sp³-hybridized carbons (Fsp3) is 0.538. The maximum absolute atomic E-state index is 13.6. The van der Waals surface area contributed by atoms with E-state index in [1.807, 2.05) is 14.1 Å². The van der Waals surface area contributed by atoms with Crippen LogP contribution in [0, 0.1) is 5.82 Å². The maximum atomic E-state index is 13.6. The molecule has 0 aliphatic carbocycles. The fourth-order valence-electron chi connectivity index (χ4n) is 1.65. The predicted molar refractivity (Wildman–Crippen MR) is 67.7 cm³/mol. The molecular weight excluding hydrogens is 219 g/mol. The average Bonchev–Trinajstić information content (AvgIpc) is 2.23. The van der Waals surface area contributed by atoms with E-state index in [-0.39, 0.29) is 11.9 Å². The molecule has 0 saturated carbocycles. The average molecular weight is 240 g/mol. The van der Waals surface area contributed by atoms with E-state index >= 15 is 0 Å². The van der Waals surface area contributed by atoms with Gasteiger partial charge in [0.05, 0.1) is 6.61 Å². The lowest BCUT2D eigenvalue weighted by Crippen LogP contribution is -2.16. The number of nitrogens with two attached hydrogens (primary N) is 1. The third-order valence-corrected chi connectivity index (χ3v) is 2.48. The molecule has 96 valence electrons. The van der Waals surface area contributed by atoms with Crippen molar-refractivity contribution in [2.24, 2.45) is 5.73 Å². The van der Waals surface area contributed by atoms with Crippen molar-refractivity contribution in [1.29, 1.82) is 0 Å². The van der Waals surface area contributed by atoms with Gasteiger partial charge in [0.25, 0.3) is 0 Å². The van der Waals surface area contributed by atoms with Gasteiger partial charge in [0.1, 0.15) is 11.6 Å². The molecule has 0 spiro atoms. The third kappa shape index (κ3) is 4.32. The summed E-state index contributed by atoms with van der Waals surface area (Å²) in [5, 5.41) is 0. The number of rotatable bonds is 6. The van der Waals surface area contributed by atoms with Crippen molar-refractivity contribution < 1.29 is 9.13 Å². The van der Waals surface area contributed by atoms with Crippen LogP contribution in [0.2, 0.25) is 0 Å². The number of ether oxygens (including phenoxy) is 1. The number of nitrogens with zero attached hydrogens (tertiary/aromatic N) is 1. The summed E-state index contributed by atoms with van der Waals surface area (Å²) in [4.78, 5) is 2.08. The molecule has 0 saturated heterocycles. The van der Waals surface area contributed by atoms with Crippen molar-refractivity contribution in [3.63, 3.8) is 0 Å². The Morgan fingerprint density at radius 3 is 2.71 bits per heavy atom. The van der Waals surface area contributed by atoms with Crippen LogP contribution >= 0.6 is 0 Å². The number of halogens is 1. The molecule has 0 fully saturated rings. The summed E-state index contributed by atoms with van der Waals surface area (Å²) in [6.45, 7) is 3.27. The van der Waals surface area contributed by atoms with E-state index in [0.29, 0.717) is 17.9 Å². The molecule has 1 aromatic carbocycles. The summed E-state index contributed by atoms with van der Waals surface area (Å²) >= 11 is 0. The number of hydrogen-bond donors (Lipinski definition) is 1. The molecule has 0 amide bonds. The summed E-state index contributed by atoms with van der Waals surface area (Å²) in [5.41, 5.74) is 6.20. The summed E-state index contributed by atoms with van der Waals surface area (Å²) in [7, 11) is 4.02. The van der Waals surface area contributed by atoms with E-state index in [4.69, 9.17) is 10.5 Å². The van der Waals surface area contributed by atoms with Gasteiger partial charge >= 0.3 is 0 Å².